The predicted molar refractivity (Wildman–Crippen MR) is 87.9 cm³/mol. The van der Waals surface area contributed by atoms with Gasteiger partial charge in [-0.05, 0) is 35.6 Å². The standard InChI is InChI=1S/C18H24N2O/c1-5-18(2,3)15-7-9-16(10-8-15)21-13-14-6-11-17(19-4)20-12-14/h6-12H,5,13H2,1-4H3,(H,19,20). The molecule has 21 heavy (non-hydrogen) atoms. The molecule has 1 N–H and O–H groups in total. The van der Waals surface area contributed by atoms with Crippen LogP contribution in [0.4, 0.5) is 5.82 Å². The van der Waals surface area contributed by atoms with E-state index in [9.17, 15) is 0 Å². The average molecular weight is 284 g/mol. The van der Waals surface area contributed by atoms with Crippen molar-refractivity contribution in [1.82, 2.24) is 4.98 Å². The Labute approximate surface area is 127 Å². The summed E-state index contributed by atoms with van der Waals surface area (Å²) in [7, 11) is 1.86. The molecule has 0 aliphatic heterocycles. The molecular weight excluding hydrogens is 260 g/mol. The van der Waals surface area contributed by atoms with Crippen molar-refractivity contribution >= 4 is 5.82 Å². The number of hydrogen-bond acceptors (Lipinski definition) is 3. The summed E-state index contributed by atoms with van der Waals surface area (Å²) >= 11 is 0. The third kappa shape index (κ3) is 3.97. The van der Waals surface area contributed by atoms with Gasteiger partial charge in [0.25, 0.3) is 0 Å². The highest BCUT2D eigenvalue weighted by Gasteiger charge is 2.17. The maximum Gasteiger partial charge on any atom is 0.125 e. The topological polar surface area (TPSA) is 34.1 Å². The summed E-state index contributed by atoms with van der Waals surface area (Å²) in [6.45, 7) is 7.27. The van der Waals surface area contributed by atoms with Gasteiger partial charge in [-0.2, -0.15) is 0 Å². The summed E-state index contributed by atoms with van der Waals surface area (Å²) in [4.78, 5) is 4.28. The lowest BCUT2D eigenvalue weighted by atomic mass is 9.82. The van der Waals surface area contributed by atoms with E-state index in [-0.39, 0.29) is 5.41 Å². The van der Waals surface area contributed by atoms with Crippen LogP contribution in [-0.4, -0.2) is 12.0 Å². The minimum Gasteiger partial charge on any atom is -0.489 e. The first kappa shape index (κ1) is 15.4. The molecule has 0 bridgehead atoms. The van der Waals surface area contributed by atoms with Gasteiger partial charge in [-0.3, -0.25) is 0 Å². The van der Waals surface area contributed by atoms with Gasteiger partial charge < -0.3 is 10.1 Å². The van der Waals surface area contributed by atoms with Crippen molar-refractivity contribution in [1.29, 1.82) is 0 Å². The second-order valence-corrected chi connectivity index (χ2v) is 5.85. The maximum absolute atomic E-state index is 5.81. The molecule has 0 saturated heterocycles. The molecule has 1 aromatic carbocycles. The van der Waals surface area contributed by atoms with E-state index in [4.69, 9.17) is 4.74 Å². The Morgan fingerprint density at radius 3 is 2.33 bits per heavy atom. The van der Waals surface area contributed by atoms with E-state index in [0.29, 0.717) is 6.61 Å². The summed E-state index contributed by atoms with van der Waals surface area (Å²) in [5, 5.41) is 3.00. The van der Waals surface area contributed by atoms with Crippen molar-refractivity contribution in [2.45, 2.75) is 39.2 Å². The first-order valence-electron chi connectivity index (χ1n) is 7.41. The molecule has 1 heterocycles. The molecule has 3 nitrogen and oxygen atoms in total. The summed E-state index contributed by atoms with van der Waals surface area (Å²) in [6.07, 6.45) is 2.96. The fraction of sp³-hybridized carbons (Fsp3) is 0.389. The van der Waals surface area contributed by atoms with Gasteiger partial charge in [0.15, 0.2) is 0 Å². The van der Waals surface area contributed by atoms with Gasteiger partial charge in [-0.1, -0.05) is 39.0 Å². The minimum absolute atomic E-state index is 0.214. The third-order valence-electron chi connectivity index (χ3n) is 4.01. The number of anilines is 1. The molecule has 3 heteroatoms. The van der Waals surface area contributed by atoms with Crippen LogP contribution in [-0.2, 0) is 12.0 Å². The summed E-state index contributed by atoms with van der Waals surface area (Å²) in [6, 6.07) is 12.4. The molecule has 0 saturated carbocycles. The quantitative estimate of drug-likeness (QED) is 0.854. The van der Waals surface area contributed by atoms with Crippen LogP contribution in [0.25, 0.3) is 0 Å². The molecule has 2 rings (SSSR count). The maximum atomic E-state index is 5.81. The van der Waals surface area contributed by atoms with Gasteiger partial charge >= 0.3 is 0 Å². The Morgan fingerprint density at radius 2 is 1.81 bits per heavy atom. The molecule has 0 spiro atoms. The normalized spacial score (nSPS) is 11.2. The number of aromatic nitrogens is 1. The molecule has 2 aromatic rings. The second kappa shape index (κ2) is 6.61. The second-order valence-electron chi connectivity index (χ2n) is 5.85. The third-order valence-corrected chi connectivity index (χ3v) is 4.01. The lowest BCUT2D eigenvalue weighted by molar-refractivity contribution is 0.305. The summed E-state index contributed by atoms with van der Waals surface area (Å²) in [5.74, 6) is 1.76. The van der Waals surface area contributed by atoms with Crippen LogP contribution in [0.2, 0.25) is 0 Å². The zero-order valence-electron chi connectivity index (χ0n) is 13.3. The van der Waals surface area contributed by atoms with E-state index in [1.165, 1.54) is 5.56 Å². The van der Waals surface area contributed by atoms with Crippen LogP contribution in [0.1, 0.15) is 38.3 Å². The van der Waals surface area contributed by atoms with Crippen LogP contribution in [0.15, 0.2) is 42.6 Å². The number of nitrogens with zero attached hydrogens (tertiary/aromatic N) is 1. The molecule has 0 aliphatic carbocycles. The molecule has 0 radical (unpaired) electrons. The van der Waals surface area contributed by atoms with Gasteiger partial charge in [0.2, 0.25) is 0 Å². The molecule has 0 fully saturated rings. The molecular formula is C18H24N2O. The zero-order chi connectivity index (χ0) is 15.3. The largest absolute Gasteiger partial charge is 0.489 e. The highest BCUT2D eigenvalue weighted by Crippen LogP contribution is 2.28. The molecule has 0 atom stereocenters. The minimum atomic E-state index is 0.214. The molecule has 0 unspecified atom stereocenters. The van der Waals surface area contributed by atoms with Crippen molar-refractivity contribution in [2.24, 2.45) is 0 Å². The predicted octanol–water partition coefficient (Wildman–Crippen LogP) is 4.39. The van der Waals surface area contributed by atoms with Gasteiger partial charge in [-0.15, -0.1) is 0 Å². The van der Waals surface area contributed by atoms with Crippen molar-refractivity contribution < 1.29 is 4.74 Å². The number of nitrogens with one attached hydrogen (secondary N) is 1. The number of hydrogen-bond donors (Lipinski definition) is 1. The molecule has 112 valence electrons. The van der Waals surface area contributed by atoms with Gasteiger partial charge in [0, 0.05) is 18.8 Å². The number of pyridine rings is 1. The molecule has 1 aromatic heterocycles. The lowest BCUT2D eigenvalue weighted by Gasteiger charge is -2.23. The molecule has 0 amide bonds. The van der Waals surface area contributed by atoms with Crippen LogP contribution in [0.3, 0.4) is 0 Å². The first-order chi connectivity index (χ1) is 10.0. The van der Waals surface area contributed by atoms with Crippen molar-refractivity contribution in [2.75, 3.05) is 12.4 Å². The van der Waals surface area contributed by atoms with Crippen molar-refractivity contribution in [3.63, 3.8) is 0 Å². The number of ether oxygens (including phenoxy) is 1. The summed E-state index contributed by atoms with van der Waals surface area (Å²) < 4.78 is 5.81. The van der Waals surface area contributed by atoms with Crippen molar-refractivity contribution in [3.8, 4) is 5.75 Å². The lowest BCUT2D eigenvalue weighted by Crippen LogP contribution is -2.15. The Balaban J connectivity index is 1.97. The monoisotopic (exact) mass is 284 g/mol. The van der Waals surface area contributed by atoms with Gasteiger partial charge in [0.05, 0.1) is 0 Å². The van der Waals surface area contributed by atoms with Gasteiger partial charge in [0.1, 0.15) is 18.2 Å². The highest BCUT2D eigenvalue weighted by atomic mass is 16.5. The molecule has 0 aliphatic rings. The van der Waals surface area contributed by atoms with E-state index in [2.05, 4.69) is 43.2 Å². The number of rotatable bonds is 6. The SMILES string of the molecule is CCC(C)(C)c1ccc(OCc2ccc(NC)nc2)cc1. The number of benzene rings is 1. The fourth-order valence-electron chi connectivity index (χ4n) is 2.03. The van der Waals surface area contributed by atoms with E-state index in [1.54, 1.807) is 0 Å². The van der Waals surface area contributed by atoms with Gasteiger partial charge in [-0.25, -0.2) is 4.98 Å². The van der Waals surface area contributed by atoms with Crippen LogP contribution >= 0.6 is 0 Å². The average Bonchev–Trinajstić information content (AvgIpc) is 2.54. The Bertz CT molecular complexity index is 559. The fourth-order valence-corrected chi connectivity index (χ4v) is 2.03. The highest BCUT2D eigenvalue weighted by molar-refractivity contribution is 5.35. The van der Waals surface area contributed by atoms with E-state index >= 15 is 0 Å². The van der Waals surface area contributed by atoms with Crippen molar-refractivity contribution in [3.05, 3.63) is 53.7 Å². The Morgan fingerprint density at radius 1 is 1.10 bits per heavy atom. The van der Waals surface area contributed by atoms with Crippen LogP contribution < -0.4 is 10.1 Å². The van der Waals surface area contributed by atoms with E-state index in [0.717, 1.165) is 23.6 Å². The van der Waals surface area contributed by atoms with Crippen LogP contribution in [0.5, 0.6) is 5.75 Å². The smallest absolute Gasteiger partial charge is 0.125 e. The first-order valence-corrected chi connectivity index (χ1v) is 7.41. The zero-order valence-corrected chi connectivity index (χ0v) is 13.3. The Hall–Kier alpha value is -2.03. The van der Waals surface area contributed by atoms with Crippen LogP contribution in [0, 0.1) is 0 Å². The summed E-state index contributed by atoms with van der Waals surface area (Å²) in [5.41, 5.74) is 2.62. The Kier molecular flexibility index (Phi) is 4.84. The van der Waals surface area contributed by atoms with E-state index in [1.807, 2.05) is 37.5 Å². The van der Waals surface area contributed by atoms with E-state index < -0.39 is 0 Å².